The van der Waals surface area contributed by atoms with Crippen molar-refractivity contribution in [2.75, 3.05) is 7.11 Å². The van der Waals surface area contributed by atoms with Gasteiger partial charge in [-0.1, -0.05) is 17.7 Å². The van der Waals surface area contributed by atoms with Crippen LogP contribution in [0.4, 0.5) is 5.69 Å². The average molecular weight is 359 g/mol. The molecule has 0 saturated heterocycles. The van der Waals surface area contributed by atoms with Gasteiger partial charge in [0.25, 0.3) is 0 Å². The van der Waals surface area contributed by atoms with Crippen molar-refractivity contribution in [1.82, 2.24) is 0 Å². The van der Waals surface area contributed by atoms with Gasteiger partial charge in [-0.25, -0.2) is 4.79 Å². The van der Waals surface area contributed by atoms with Crippen molar-refractivity contribution in [2.45, 2.75) is 13.8 Å². The van der Waals surface area contributed by atoms with Crippen LogP contribution in [0, 0.1) is 13.8 Å². The van der Waals surface area contributed by atoms with Gasteiger partial charge < -0.3 is 9.47 Å². The molecule has 0 heterocycles. The van der Waals surface area contributed by atoms with E-state index in [-0.39, 0.29) is 0 Å². The maximum absolute atomic E-state index is 12.2. The van der Waals surface area contributed by atoms with Gasteiger partial charge in [-0.2, -0.15) is 0 Å². The summed E-state index contributed by atoms with van der Waals surface area (Å²) in [6.07, 6.45) is 1.80. The summed E-state index contributed by atoms with van der Waals surface area (Å²) in [7, 11) is 1.58. The van der Waals surface area contributed by atoms with Gasteiger partial charge in [0, 0.05) is 6.21 Å². The Kier molecular flexibility index (Phi) is 5.67. The summed E-state index contributed by atoms with van der Waals surface area (Å²) in [6, 6.07) is 20.2. The molecule has 0 aliphatic heterocycles. The minimum Gasteiger partial charge on any atom is -0.497 e. The van der Waals surface area contributed by atoms with Crippen molar-refractivity contribution in [1.29, 1.82) is 0 Å². The molecule has 4 nitrogen and oxygen atoms in total. The first-order valence-corrected chi connectivity index (χ1v) is 8.63. The van der Waals surface area contributed by atoms with Crippen molar-refractivity contribution < 1.29 is 14.3 Å². The zero-order chi connectivity index (χ0) is 19.2. The van der Waals surface area contributed by atoms with E-state index in [4.69, 9.17) is 9.47 Å². The van der Waals surface area contributed by atoms with Crippen LogP contribution in [-0.4, -0.2) is 19.3 Å². The van der Waals surface area contributed by atoms with Crippen LogP contribution in [0.3, 0.4) is 0 Å². The molecule has 0 spiro atoms. The Morgan fingerprint density at radius 3 is 2.19 bits per heavy atom. The van der Waals surface area contributed by atoms with Gasteiger partial charge in [-0.3, -0.25) is 4.99 Å². The molecule has 0 radical (unpaired) electrons. The first kappa shape index (κ1) is 18.4. The summed E-state index contributed by atoms with van der Waals surface area (Å²) in [4.78, 5) is 16.7. The fourth-order valence-corrected chi connectivity index (χ4v) is 2.61. The van der Waals surface area contributed by atoms with Crippen LogP contribution in [0.5, 0.6) is 11.5 Å². The fraction of sp³-hybridized carbons (Fsp3) is 0.130. The highest BCUT2D eigenvalue weighted by molar-refractivity contribution is 5.91. The Morgan fingerprint density at radius 1 is 0.889 bits per heavy atom. The molecular formula is C23H21NO3. The van der Waals surface area contributed by atoms with E-state index in [1.165, 1.54) is 5.56 Å². The van der Waals surface area contributed by atoms with Crippen LogP contribution in [0.1, 0.15) is 27.0 Å². The number of aryl methyl sites for hydroxylation is 2. The van der Waals surface area contributed by atoms with Crippen LogP contribution in [0.2, 0.25) is 0 Å². The van der Waals surface area contributed by atoms with Crippen molar-refractivity contribution in [3.63, 3.8) is 0 Å². The van der Waals surface area contributed by atoms with Crippen molar-refractivity contribution in [3.8, 4) is 11.5 Å². The largest absolute Gasteiger partial charge is 0.497 e. The van der Waals surface area contributed by atoms with Crippen molar-refractivity contribution in [3.05, 3.63) is 89.0 Å². The maximum Gasteiger partial charge on any atom is 0.343 e. The second-order valence-corrected chi connectivity index (χ2v) is 6.24. The number of ether oxygens (including phenoxy) is 2. The summed E-state index contributed by atoms with van der Waals surface area (Å²) in [6.45, 7) is 4.11. The second-order valence-electron chi connectivity index (χ2n) is 6.24. The van der Waals surface area contributed by atoms with Crippen molar-refractivity contribution >= 4 is 17.9 Å². The van der Waals surface area contributed by atoms with Gasteiger partial charge in [0.2, 0.25) is 0 Å². The van der Waals surface area contributed by atoms with Gasteiger partial charge in [-0.05, 0) is 79.6 Å². The molecule has 136 valence electrons. The smallest absolute Gasteiger partial charge is 0.343 e. The molecule has 0 amide bonds. The lowest BCUT2D eigenvalue weighted by atomic mass is 10.1. The molecule has 0 saturated carbocycles. The molecule has 0 aromatic heterocycles. The topological polar surface area (TPSA) is 47.9 Å². The third-order valence-electron chi connectivity index (χ3n) is 4.12. The number of hydrogen-bond donors (Lipinski definition) is 0. The molecule has 4 heteroatoms. The van der Waals surface area contributed by atoms with E-state index in [2.05, 4.69) is 18.0 Å². The fourth-order valence-electron chi connectivity index (χ4n) is 2.61. The number of methoxy groups -OCH3 is 1. The molecule has 0 N–H and O–H groups in total. The lowest BCUT2D eigenvalue weighted by Gasteiger charge is -2.06. The number of rotatable bonds is 5. The zero-order valence-electron chi connectivity index (χ0n) is 15.6. The Morgan fingerprint density at radius 2 is 1.56 bits per heavy atom. The molecule has 3 aromatic rings. The standard InChI is InChI=1S/C23H21NO3/c1-16-4-13-22(17(2)14-16)24-15-18-5-9-21(10-6-18)27-23(25)19-7-11-20(26-3)12-8-19/h4-15H,1-3H3. The zero-order valence-corrected chi connectivity index (χ0v) is 15.6. The highest BCUT2D eigenvalue weighted by Crippen LogP contribution is 2.20. The predicted octanol–water partition coefficient (Wildman–Crippen LogP) is 5.28. The number of benzene rings is 3. The van der Waals surface area contributed by atoms with Gasteiger partial charge in [0.05, 0.1) is 18.4 Å². The molecule has 3 rings (SSSR count). The monoisotopic (exact) mass is 359 g/mol. The van der Waals surface area contributed by atoms with Crippen LogP contribution in [-0.2, 0) is 0 Å². The Bertz CT molecular complexity index is 958. The molecule has 0 unspecified atom stereocenters. The summed E-state index contributed by atoms with van der Waals surface area (Å²) in [5, 5.41) is 0. The van der Waals surface area contributed by atoms with Gasteiger partial charge >= 0.3 is 5.97 Å². The van der Waals surface area contributed by atoms with E-state index in [0.29, 0.717) is 17.1 Å². The van der Waals surface area contributed by atoms with E-state index in [1.807, 2.05) is 31.2 Å². The van der Waals surface area contributed by atoms with Gasteiger partial charge in [0.15, 0.2) is 0 Å². The lowest BCUT2D eigenvalue weighted by Crippen LogP contribution is -2.08. The third kappa shape index (κ3) is 4.82. The highest BCUT2D eigenvalue weighted by Gasteiger charge is 2.08. The number of carbonyl (C=O) groups excluding carboxylic acids is 1. The Balaban J connectivity index is 1.65. The summed E-state index contributed by atoms with van der Waals surface area (Å²) in [5.74, 6) is 0.771. The van der Waals surface area contributed by atoms with Crippen LogP contribution in [0.25, 0.3) is 0 Å². The molecular weight excluding hydrogens is 338 g/mol. The van der Waals surface area contributed by atoms with Crippen molar-refractivity contribution in [2.24, 2.45) is 4.99 Å². The molecule has 0 aliphatic carbocycles. The predicted molar refractivity (Wildman–Crippen MR) is 108 cm³/mol. The molecule has 0 fully saturated rings. The van der Waals surface area contributed by atoms with E-state index in [9.17, 15) is 4.79 Å². The SMILES string of the molecule is COc1ccc(C(=O)Oc2ccc(C=Nc3ccc(C)cc3C)cc2)cc1. The van der Waals surface area contributed by atoms with Crippen LogP contribution in [0.15, 0.2) is 71.7 Å². The molecule has 27 heavy (non-hydrogen) atoms. The van der Waals surface area contributed by atoms with Crippen LogP contribution < -0.4 is 9.47 Å². The molecule has 0 aliphatic rings. The summed E-state index contributed by atoms with van der Waals surface area (Å²) < 4.78 is 10.5. The second kappa shape index (κ2) is 8.32. The number of esters is 1. The van der Waals surface area contributed by atoms with Gasteiger partial charge in [0.1, 0.15) is 11.5 Å². The van der Waals surface area contributed by atoms with E-state index in [1.54, 1.807) is 49.7 Å². The average Bonchev–Trinajstić information content (AvgIpc) is 2.68. The van der Waals surface area contributed by atoms with E-state index in [0.717, 1.165) is 16.8 Å². The number of aliphatic imine (C=N–C) groups is 1. The first-order chi connectivity index (χ1) is 13.0. The first-order valence-electron chi connectivity index (χ1n) is 8.63. The number of nitrogens with zero attached hydrogens (tertiary/aromatic N) is 1. The van der Waals surface area contributed by atoms with E-state index >= 15 is 0 Å². The summed E-state index contributed by atoms with van der Waals surface area (Å²) >= 11 is 0. The summed E-state index contributed by atoms with van der Waals surface area (Å²) in [5.41, 5.74) is 4.69. The van der Waals surface area contributed by atoms with E-state index < -0.39 is 5.97 Å². The minimum absolute atomic E-state index is 0.408. The third-order valence-corrected chi connectivity index (χ3v) is 4.12. The molecule has 0 atom stereocenters. The Hall–Kier alpha value is -3.40. The minimum atomic E-state index is -0.408. The Labute approximate surface area is 159 Å². The lowest BCUT2D eigenvalue weighted by molar-refractivity contribution is 0.0734. The molecule has 0 bridgehead atoms. The maximum atomic E-state index is 12.2. The van der Waals surface area contributed by atoms with Crippen LogP contribution >= 0.6 is 0 Å². The number of carbonyl (C=O) groups is 1. The van der Waals surface area contributed by atoms with Gasteiger partial charge in [-0.15, -0.1) is 0 Å². The number of hydrogen-bond acceptors (Lipinski definition) is 4. The molecule has 3 aromatic carbocycles. The quantitative estimate of drug-likeness (QED) is 0.354. The normalized spacial score (nSPS) is 10.8. The highest BCUT2D eigenvalue weighted by atomic mass is 16.5.